The molecule has 20 heavy (non-hydrogen) atoms. The normalized spacial score (nSPS) is 13.8. The average Bonchev–Trinajstić information content (AvgIpc) is 2.45. The van der Waals surface area contributed by atoms with Gasteiger partial charge in [-0.3, -0.25) is 4.79 Å². The van der Waals surface area contributed by atoms with E-state index in [2.05, 4.69) is 5.32 Å². The molecule has 0 aromatic heterocycles. The van der Waals surface area contributed by atoms with Gasteiger partial charge in [0.1, 0.15) is 0 Å². The van der Waals surface area contributed by atoms with Crippen LogP contribution >= 0.6 is 23.4 Å². The van der Waals surface area contributed by atoms with E-state index < -0.39 is 6.10 Å². The van der Waals surface area contributed by atoms with Gasteiger partial charge in [-0.05, 0) is 29.9 Å². The summed E-state index contributed by atoms with van der Waals surface area (Å²) in [6, 6.07) is 5.31. The first-order valence-electron chi connectivity index (χ1n) is 6.88. The second-order valence-electron chi connectivity index (χ2n) is 4.74. The maximum atomic E-state index is 12.2. The van der Waals surface area contributed by atoms with Crippen molar-refractivity contribution in [1.82, 2.24) is 5.32 Å². The predicted molar refractivity (Wildman–Crippen MR) is 85.6 cm³/mol. The Kier molecular flexibility index (Phi) is 7.41. The molecule has 0 aliphatic rings. The molecule has 1 aromatic carbocycles. The molecule has 2 atom stereocenters. The number of carbonyl (C=O) groups excluding carboxylic acids is 1. The summed E-state index contributed by atoms with van der Waals surface area (Å²) in [4.78, 5) is 13.1. The molecule has 3 nitrogen and oxygen atoms in total. The lowest BCUT2D eigenvalue weighted by Gasteiger charge is -2.18. The first kappa shape index (κ1) is 17.3. The number of aliphatic hydroxyl groups excluding tert-OH is 1. The molecule has 0 aliphatic carbocycles. The zero-order valence-electron chi connectivity index (χ0n) is 12.1. The molecule has 0 spiro atoms. The molecule has 0 saturated heterocycles. The predicted octanol–water partition coefficient (Wildman–Crippen LogP) is 3.59. The number of thioether (sulfide) groups is 1. The van der Waals surface area contributed by atoms with Gasteiger partial charge in [0.15, 0.2) is 0 Å². The Bertz CT molecular complexity index is 453. The summed E-state index contributed by atoms with van der Waals surface area (Å²) in [5.41, 5.74) is 0.570. The summed E-state index contributed by atoms with van der Waals surface area (Å²) in [7, 11) is 0. The second kappa shape index (κ2) is 8.55. The molecule has 0 bridgehead atoms. The van der Waals surface area contributed by atoms with Crippen LogP contribution in [-0.2, 0) is 0 Å². The topological polar surface area (TPSA) is 49.3 Å². The molecule has 0 saturated carbocycles. The second-order valence-corrected chi connectivity index (χ2v) is 6.48. The van der Waals surface area contributed by atoms with Gasteiger partial charge in [0.2, 0.25) is 0 Å². The lowest BCUT2D eigenvalue weighted by molar-refractivity contribution is 0.0847. The largest absolute Gasteiger partial charge is 0.391 e. The van der Waals surface area contributed by atoms with Gasteiger partial charge in [-0.25, -0.2) is 0 Å². The zero-order valence-corrected chi connectivity index (χ0v) is 13.7. The van der Waals surface area contributed by atoms with E-state index in [-0.39, 0.29) is 18.4 Å². The maximum Gasteiger partial charge on any atom is 0.252 e. The molecule has 112 valence electrons. The van der Waals surface area contributed by atoms with Crippen molar-refractivity contribution in [3.8, 4) is 0 Å². The third-order valence-corrected chi connectivity index (χ3v) is 4.45. The molecule has 0 heterocycles. The maximum absolute atomic E-state index is 12.2. The number of aliphatic hydroxyl groups is 1. The highest BCUT2D eigenvalue weighted by atomic mass is 35.5. The fourth-order valence-electron chi connectivity index (χ4n) is 1.73. The Morgan fingerprint density at radius 2 is 2.15 bits per heavy atom. The first-order valence-corrected chi connectivity index (χ1v) is 8.24. The highest BCUT2D eigenvalue weighted by Crippen LogP contribution is 2.25. The highest BCUT2D eigenvalue weighted by molar-refractivity contribution is 7.99. The van der Waals surface area contributed by atoms with E-state index in [4.69, 9.17) is 11.6 Å². The number of hydrogen-bond acceptors (Lipinski definition) is 3. The Labute approximate surface area is 130 Å². The minimum Gasteiger partial charge on any atom is -0.391 e. The third kappa shape index (κ3) is 5.00. The molecule has 0 fully saturated rings. The van der Waals surface area contributed by atoms with E-state index in [0.717, 1.165) is 17.1 Å². The smallest absolute Gasteiger partial charge is 0.252 e. The molecule has 0 aliphatic heterocycles. The van der Waals surface area contributed by atoms with Gasteiger partial charge in [-0.15, -0.1) is 11.8 Å². The van der Waals surface area contributed by atoms with Crippen LogP contribution in [0.3, 0.4) is 0 Å². The monoisotopic (exact) mass is 315 g/mol. The van der Waals surface area contributed by atoms with Crippen molar-refractivity contribution in [3.63, 3.8) is 0 Å². The molecule has 1 aromatic rings. The van der Waals surface area contributed by atoms with E-state index >= 15 is 0 Å². The van der Waals surface area contributed by atoms with Crippen molar-refractivity contribution in [2.24, 2.45) is 5.92 Å². The van der Waals surface area contributed by atoms with Crippen LogP contribution < -0.4 is 5.32 Å². The highest BCUT2D eigenvalue weighted by Gasteiger charge is 2.16. The van der Waals surface area contributed by atoms with Crippen LogP contribution in [0.2, 0.25) is 5.02 Å². The number of halogens is 1. The molecule has 5 heteroatoms. The summed E-state index contributed by atoms with van der Waals surface area (Å²) >= 11 is 7.56. The molecule has 2 unspecified atom stereocenters. The van der Waals surface area contributed by atoms with Gasteiger partial charge in [0.25, 0.3) is 5.91 Å². The zero-order chi connectivity index (χ0) is 15.1. The van der Waals surface area contributed by atoms with E-state index in [1.54, 1.807) is 23.9 Å². The Balaban J connectivity index is 2.74. The fraction of sp³-hybridized carbons (Fsp3) is 0.533. The third-order valence-electron chi connectivity index (χ3n) is 3.26. The van der Waals surface area contributed by atoms with Gasteiger partial charge in [-0.2, -0.15) is 0 Å². The first-order chi connectivity index (χ1) is 9.49. The lowest BCUT2D eigenvalue weighted by atomic mass is 10.0. The number of amides is 1. The van der Waals surface area contributed by atoms with E-state index in [0.29, 0.717) is 10.6 Å². The molecule has 0 radical (unpaired) electrons. The number of carbonyl (C=O) groups is 1. The Morgan fingerprint density at radius 1 is 1.45 bits per heavy atom. The van der Waals surface area contributed by atoms with Gasteiger partial charge in [0.05, 0.1) is 11.7 Å². The van der Waals surface area contributed by atoms with Gasteiger partial charge in [0, 0.05) is 16.5 Å². The summed E-state index contributed by atoms with van der Waals surface area (Å²) in [6.45, 7) is 6.28. The van der Waals surface area contributed by atoms with Crippen LogP contribution in [0.25, 0.3) is 0 Å². The standard InChI is InChI=1S/C15H22ClNO2S/c1-4-10(3)13(18)9-17-15(19)12-8-11(16)6-7-14(12)20-5-2/h6-8,10,13,18H,4-5,9H2,1-3H3,(H,17,19). The van der Waals surface area contributed by atoms with Crippen LogP contribution in [-0.4, -0.2) is 29.4 Å². The number of benzene rings is 1. The van der Waals surface area contributed by atoms with Gasteiger partial charge in [-0.1, -0.05) is 38.8 Å². The fourth-order valence-corrected chi connectivity index (χ4v) is 2.68. The van der Waals surface area contributed by atoms with Crippen molar-refractivity contribution in [2.45, 2.75) is 38.2 Å². The van der Waals surface area contributed by atoms with Crippen LogP contribution in [0.15, 0.2) is 23.1 Å². The van der Waals surface area contributed by atoms with Gasteiger partial charge >= 0.3 is 0 Å². The Hall–Kier alpha value is -0.710. The van der Waals surface area contributed by atoms with Crippen molar-refractivity contribution < 1.29 is 9.90 Å². The minimum absolute atomic E-state index is 0.166. The summed E-state index contributed by atoms with van der Waals surface area (Å²) in [5.74, 6) is 0.863. The molecule has 1 rings (SSSR count). The van der Waals surface area contributed by atoms with Crippen LogP contribution in [0.1, 0.15) is 37.6 Å². The van der Waals surface area contributed by atoms with Gasteiger partial charge < -0.3 is 10.4 Å². The average molecular weight is 316 g/mol. The van der Waals surface area contributed by atoms with E-state index in [9.17, 15) is 9.90 Å². The molecular weight excluding hydrogens is 294 g/mol. The number of hydrogen-bond donors (Lipinski definition) is 2. The quantitative estimate of drug-likeness (QED) is 0.756. The summed E-state index contributed by atoms with van der Waals surface area (Å²) in [6.07, 6.45) is 0.357. The minimum atomic E-state index is -0.523. The summed E-state index contributed by atoms with van der Waals surface area (Å²) in [5, 5.41) is 13.2. The molecule has 2 N–H and O–H groups in total. The van der Waals surface area contributed by atoms with Crippen molar-refractivity contribution >= 4 is 29.3 Å². The number of nitrogens with one attached hydrogen (secondary N) is 1. The SMILES string of the molecule is CCSc1ccc(Cl)cc1C(=O)NCC(O)C(C)CC. The van der Waals surface area contributed by atoms with E-state index in [1.165, 1.54) is 0 Å². The van der Waals surface area contributed by atoms with Crippen LogP contribution in [0, 0.1) is 5.92 Å². The summed E-state index contributed by atoms with van der Waals surface area (Å²) < 4.78 is 0. The lowest BCUT2D eigenvalue weighted by Crippen LogP contribution is -2.35. The van der Waals surface area contributed by atoms with Crippen LogP contribution in [0.4, 0.5) is 0 Å². The molecule has 1 amide bonds. The Morgan fingerprint density at radius 3 is 2.75 bits per heavy atom. The molecular formula is C15H22ClNO2S. The van der Waals surface area contributed by atoms with Crippen molar-refractivity contribution in [3.05, 3.63) is 28.8 Å². The van der Waals surface area contributed by atoms with E-state index in [1.807, 2.05) is 26.8 Å². The number of rotatable bonds is 7. The van der Waals surface area contributed by atoms with Crippen molar-refractivity contribution in [2.75, 3.05) is 12.3 Å². The van der Waals surface area contributed by atoms with Crippen LogP contribution in [0.5, 0.6) is 0 Å². The van der Waals surface area contributed by atoms with Crippen molar-refractivity contribution in [1.29, 1.82) is 0 Å².